The lowest BCUT2D eigenvalue weighted by Crippen LogP contribution is -2.58. The summed E-state index contributed by atoms with van der Waals surface area (Å²) in [5.74, 6) is 0.276. The van der Waals surface area contributed by atoms with Crippen LogP contribution in [0.15, 0.2) is 11.6 Å². The van der Waals surface area contributed by atoms with Crippen LogP contribution >= 0.6 is 11.6 Å². The number of aliphatic hydroxyl groups is 1. The largest absolute Gasteiger partial charge is 0.445 e. The van der Waals surface area contributed by atoms with E-state index < -0.39 is 23.7 Å². The highest BCUT2D eigenvalue weighted by Gasteiger charge is 2.77. The number of hydrogen-bond donors (Lipinski definition) is 2. The molecule has 2 saturated heterocycles. The fourth-order valence-corrected chi connectivity index (χ4v) is 9.75. The Morgan fingerprint density at radius 1 is 1.25 bits per heavy atom. The maximum Gasteiger partial charge on any atom is 0.414 e. The molecule has 11 atom stereocenters. The summed E-state index contributed by atoms with van der Waals surface area (Å²) in [7, 11) is 0. The van der Waals surface area contributed by atoms with Crippen molar-refractivity contribution in [2.45, 2.75) is 77.4 Å². The molecule has 6 fully saturated rings. The van der Waals surface area contributed by atoms with E-state index in [1.165, 1.54) is 5.54 Å². The Morgan fingerprint density at radius 3 is 2.75 bits per heavy atom. The Kier molecular flexibility index (Phi) is 5.90. The van der Waals surface area contributed by atoms with Gasteiger partial charge in [-0.05, 0) is 74.7 Å². The van der Waals surface area contributed by atoms with Gasteiger partial charge in [0.15, 0.2) is 0 Å². The molecule has 6 rings (SSSR count). The number of alkyl carbamates (subject to hydrolysis) is 1. The zero-order valence-corrected chi connectivity index (χ0v) is 22.1. The number of piperidine rings is 1. The third-order valence-electron chi connectivity index (χ3n) is 11.6. The molecule has 0 aromatic rings. The SMILES string of the molecule is C[C@H]1[C@H](O)[C@](C)(CC=CCl)C[C@@H](OC(=O)NC(=O)[C@H]2CN3CC[C@@H]2C3)[C@]23C[C@@H]2CCC12CCC(=O)C23. The molecule has 198 valence electrons. The number of carbonyl (C=O) groups is 3. The number of amides is 2. The molecular weight excluding hydrogens is 480 g/mol. The Labute approximate surface area is 218 Å². The normalized spacial score (nSPS) is 50.8. The summed E-state index contributed by atoms with van der Waals surface area (Å²) in [4.78, 5) is 41.9. The van der Waals surface area contributed by atoms with Gasteiger partial charge in [0.05, 0.1) is 12.0 Å². The summed E-state index contributed by atoms with van der Waals surface area (Å²) >= 11 is 5.90. The van der Waals surface area contributed by atoms with Crippen LogP contribution < -0.4 is 5.32 Å². The highest BCUT2D eigenvalue weighted by Crippen LogP contribution is 2.77. The minimum Gasteiger partial charge on any atom is -0.445 e. The van der Waals surface area contributed by atoms with Crippen LogP contribution in [0.5, 0.6) is 0 Å². The van der Waals surface area contributed by atoms with Crippen LogP contribution in [0.1, 0.15) is 65.2 Å². The molecule has 2 N–H and O–H groups in total. The molecule has 36 heavy (non-hydrogen) atoms. The summed E-state index contributed by atoms with van der Waals surface area (Å²) in [5, 5.41) is 14.3. The van der Waals surface area contributed by atoms with E-state index >= 15 is 0 Å². The molecule has 8 heteroatoms. The minimum absolute atomic E-state index is 0.0368. The van der Waals surface area contributed by atoms with Gasteiger partial charge >= 0.3 is 6.09 Å². The number of allylic oxidation sites excluding steroid dienone is 1. The van der Waals surface area contributed by atoms with E-state index in [1.54, 1.807) is 0 Å². The van der Waals surface area contributed by atoms with Crippen molar-refractivity contribution in [3.63, 3.8) is 0 Å². The van der Waals surface area contributed by atoms with Crippen molar-refractivity contribution < 1.29 is 24.2 Å². The number of halogens is 1. The van der Waals surface area contributed by atoms with E-state index in [-0.39, 0.29) is 40.3 Å². The predicted molar refractivity (Wildman–Crippen MR) is 134 cm³/mol. The number of nitrogens with one attached hydrogen (secondary N) is 1. The molecule has 0 aromatic carbocycles. The van der Waals surface area contributed by atoms with Crippen LogP contribution in [-0.4, -0.2) is 59.6 Å². The third kappa shape index (κ3) is 3.48. The van der Waals surface area contributed by atoms with E-state index in [0.29, 0.717) is 37.6 Å². The highest BCUT2D eigenvalue weighted by molar-refractivity contribution is 6.25. The van der Waals surface area contributed by atoms with Gasteiger partial charge in [0.2, 0.25) is 5.91 Å². The van der Waals surface area contributed by atoms with E-state index in [0.717, 1.165) is 45.2 Å². The molecule has 6 aliphatic rings. The molecular formula is C28H39ClN2O5. The predicted octanol–water partition coefficient (Wildman–Crippen LogP) is 3.87. The summed E-state index contributed by atoms with van der Waals surface area (Å²) in [6, 6.07) is 0. The lowest BCUT2D eigenvalue weighted by Gasteiger charge is -2.56. The maximum atomic E-state index is 13.4. The van der Waals surface area contributed by atoms with Gasteiger partial charge in [-0.15, -0.1) is 0 Å². The lowest BCUT2D eigenvalue weighted by atomic mass is 9.50. The molecule has 0 radical (unpaired) electrons. The van der Waals surface area contributed by atoms with Crippen molar-refractivity contribution in [2.75, 3.05) is 19.6 Å². The zero-order chi connectivity index (χ0) is 25.5. The smallest absolute Gasteiger partial charge is 0.414 e. The van der Waals surface area contributed by atoms with Gasteiger partial charge in [-0.2, -0.15) is 0 Å². The van der Waals surface area contributed by atoms with Crippen molar-refractivity contribution >= 4 is 29.4 Å². The Bertz CT molecular complexity index is 1000. The second-order valence-electron chi connectivity index (χ2n) is 13.1. The highest BCUT2D eigenvalue weighted by atomic mass is 35.5. The zero-order valence-electron chi connectivity index (χ0n) is 21.4. The van der Waals surface area contributed by atoms with Crippen LogP contribution in [-0.2, 0) is 14.3 Å². The molecule has 7 nitrogen and oxygen atoms in total. The summed E-state index contributed by atoms with van der Waals surface area (Å²) < 4.78 is 6.17. The molecule has 1 spiro atoms. The Hall–Kier alpha value is -1.44. The fraction of sp³-hybridized carbons (Fsp3) is 0.821. The lowest BCUT2D eigenvalue weighted by molar-refractivity contribution is -0.163. The topological polar surface area (TPSA) is 95.9 Å². The molecule has 2 heterocycles. The number of imide groups is 1. The third-order valence-corrected chi connectivity index (χ3v) is 11.8. The number of hydrogen-bond acceptors (Lipinski definition) is 6. The number of fused-ring (bicyclic) bond motifs is 2. The molecule has 4 bridgehead atoms. The second-order valence-corrected chi connectivity index (χ2v) is 13.4. The molecule has 4 saturated carbocycles. The van der Waals surface area contributed by atoms with E-state index in [9.17, 15) is 19.5 Å². The number of ketones is 1. The fourth-order valence-electron chi connectivity index (χ4n) is 9.66. The number of ether oxygens (including phenoxy) is 1. The molecule has 2 amide bonds. The van der Waals surface area contributed by atoms with Crippen LogP contribution in [0.2, 0.25) is 0 Å². The van der Waals surface area contributed by atoms with Crippen molar-refractivity contribution in [2.24, 2.45) is 45.8 Å². The second kappa shape index (κ2) is 8.54. The maximum absolute atomic E-state index is 13.4. The summed E-state index contributed by atoms with van der Waals surface area (Å²) in [6.45, 7) is 6.82. The van der Waals surface area contributed by atoms with Crippen LogP contribution in [0.25, 0.3) is 0 Å². The first-order valence-electron chi connectivity index (χ1n) is 13.8. The summed E-state index contributed by atoms with van der Waals surface area (Å²) in [6.07, 6.45) is 6.09. The first-order valence-corrected chi connectivity index (χ1v) is 14.3. The first kappa shape index (κ1) is 24.9. The van der Waals surface area contributed by atoms with Crippen molar-refractivity contribution in [1.29, 1.82) is 0 Å². The number of rotatable bonds is 4. The Morgan fingerprint density at radius 2 is 2.06 bits per heavy atom. The van der Waals surface area contributed by atoms with Crippen molar-refractivity contribution in [3.8, 4) is 0 Å². The van der Waals surface area contributed by atoms with Gasteiger partial charge in [-0.25, -0.2) is 4.79 Å². The van der Waals surface area contributed by atoms with E-state index in [2.05, 4.69) is 17.1 Å². The van der Waals surface area contributed by atoms with E-state index in [4.69, 9.17) is 16.3 Å². The molecule has 4 aliphatic carbocycles. The van der Waals surface area contributed by atoms with Crippen molar-refractivity contribution in [1.82, 2.24) is 10.2 Å². The number of carbonyl (C=O) groups excluding carboxylic acids is 3. The average molecular weight is 519 g/mol. The van der Waals surface area contributed by atoms with Gasteiger partial charge in [-0.3, -0.25) is 14.9 Å². The van der Waals surface area contributed by atoms with Crippen LogP contribution in [0, 0.1) is 45.8 Å². The standard InChI is InChI=1S/C28H39ClN2O5/c1-16-23(33)26(2,7-3-10-29)13-21(28-12-18(28)4-8-27(16)9-5-20(32)22(27)28)36-25(35)30-24(34)19-15-31-11-6-17(19)14-31/h3,10,16-19,21-23,33H,4-9,11-15H2,1-2H3,(H,30,34,35)/t16-,17+,18-,19-,21+,22?,23-,26+,27?,28-/m0/s1. The van der Waals surface area contributed by atoms with Gasteiger partial charge in [0.25, 0.3) is 0 Å². The number of aliphatic hydroxyl groups excluding tert-OH is 1. The molecule has 3 unspecified atom stereocenters. The first-order chi connectivity index (χ1) is 17.1. The van der Waals surface area contributed by atoms with Gasteiger partial charge in [0.1, 0.15) is 11.9 Å². The quantitative estimate of drug-likeness (QED) is 0.586. The summed E-state index contributed by atoms with van der Waals surface area (Å²) in [5.41, 5.74) is 0.262. The van der Waals surface area contributed by atoms with Gasteiger partial charge < -0.3 is 14.7 Å². The van der Waals surface area contributed by atoms with E-state index in [1.807, 2.05) is 13.0 Å². The number of nitrogens with zero attached hydrogens (tertiary/aromatic N) is 1. The minimum atomic E-state index is -0.706. The van der Waals surface area contributed by atoms with Gasteiger partial charge in [-0.1, -0.05) is 31.5 Å². The molecule has 2 aliphatic heterocycles. The van der Waals surface area contributed by atoms with Crippen LogP contribution in [0.3, 0.4) is 0 Å². The van der Waals surface area contributed by atoms with Gasteiger partial charge in [0, 0.05) is 41.8 Å². The van der Waals surface area contributed by atoms with Crippen molar-refractivity contribution in [3.05, 3.63) is 11.6 Å². The number of Topliss-reactive ketones (excluding diaryl/α,β-unsaturated/α-hetero) is 1. The average Bonchev–Trinajstić information content (AvgIpc) is 3.13. The molecule has 0 aromatic heterocycles. The Balaban J connectivity index is 1.30. The van der Waals surface area contributed by atoms with Crippen LogP contribution in [0.4, 0.5) is 4.79 Å². The monoisotopic (exact) mass is 518 g/mol.